The quantitative estimate of drug-likeness (QED) is 0.626. The second kappa shape index (κ2) is 7.50. The minimum Gasteiger partial charge on any atom is -0.497 e. The van der Waals surface area contributed by atoms with E-state index in [0.29, 0.717) is 12.3 Å². The van der Waals surface area contributed by atoms with Gasteiger partial charge in [0, 0.05) is 0 Å². The van der Waals surface area contributed by atoms with Crippen LogP contribution >= 0.6 is 0 Å². The Bertz CT molecular complexity index is 574. The monoisotopic (exact) mass is 289 g/mol. The molecular formula is C16H19NO4. The summed E-state index contributed by atoms with van der Waals surface area (Å²) in [6.45, 7) is 1.40. The van der Waals surface area contributed by atoms with Gasteiger partial charge in [-0.2, -0.15) is 0 Å². The molecule has 0 aliphatic rings. The maximum absolute atomic E-state index is 11.2. The second-order valence-electron chi connectivity index (χ2n) is 4.53. The van der Waals surface area contributed by atoms with Gasteiger partial charge in [-0.3, -0.25) is 0 Å². The van der Waals surface area contributed by atoms with Gasteiger partial charge in [0.2, 0.25) is 5.76 Å². The van der Waals surface area contributed by atoms with E-state index in [9.17, 15) is 4.79 Å². The van der Waals surface area contributed by atoms with Crippen molar-refractivity contribution in [2.75, 3.05) is 20.8 Å². The highest BCUT2D eigenvalue weighted by molar-refractivity contribution is 5.86. The van der Waals surface area contributed by atoms with Crippen molar-refractivity contribution in [1.82, 2.24) is 5.32 Å². The van der Waals surface area contributed by atoms with Crippen molar-refractivity contribution < 1.29 is 18.7 Å². The van der Waals surface area contributed by atoms with E-state index in [0.717, 1.165) is 18.7 Å². The molecule has 0 aliphatic carbocycles. The average molecular weight is 289 g/mol. The lowest BCUT2D eigenvalue weighted by Crippen LogP contribution is -2.16. The highest BCUT2D eigenvalue weighted by atomic mass is 16.5. The van der Waals surface area contributed by atoms with E-state index < -0.39 is 5.97 Å². The SMILES string of the molecule is COC(=O)c1ccc(CNCCc2ccc(OC)cc2)o1. The number of carbonyl (C=O) groups is 1. The molecule has 0 spiro atoms. The zero-order valence-electron chi connectivity index (χ0n) is 12.2. The van der Waals surface area contributed by atoms with E-state index in [4.69, 9.17) is 9.15 Å². The van der Waals surface area contributed by atoms with Crippen LogP contribution in [0.15, 0.2) is 40.8 Å². The summed E-state index contributed by atoms with van der Waals surface area (Å²) in [5.41, 5.74) is 1.23. The first-order valence-electron chi connectivity index (χ1n) is 6.73. The van der Waals surface area contributed by atoms with Gasteiger partial charge in [0.25, 0.3) is 0 Å². The summed E-state index contributed by atoms with van der Waals surface area (Å²) in [6, 6.07) is 11.4. The van der Waals surface area contributed by atoms with Crippen LogP contribution < -0.4 is 10.1 Å². The third-order valence-corrected chi connectivity index (χ3v) is 3.10. The van der Waals surface area contributed by atoms with Crippen LogP contribution in [0, 0.1) is 0 Å². The van der Waals surface area contributed by atoms with Crippen molar-refractivity contribution in [3.63, 3.8) is 0 Å². The summed E-state index contributed by atoms with van der Waals surface area (Å²) in [5, 5.41) is 3.27. The van der Waals surface area contributed by atoms with Crippen molar-refractivity contribution in [3.05, 3.63) is 53.5 Å². The summed E-state index contributed by atoms with van der Waals surface area (Å²) < 4.78 is 15.1. The van der Waals surface area contributed by atoms with Crippen LogP contribution in [0.1, 0.15) is 21.9 Å². The molecule has 0 atom stereocenters. The lowest BCUT2D eigenvalue weighted by Gasteiger charge is -2.04. The van der Waals surface area contributed by atoms with Gasteiger partial charge in [0.1, 0.15) is 11.5 Å². The Morgan fingerprint density at radius 3 is 2.57 bits per heavy atom. The molecule has 0 aliphatic heterocycles. The second-order valence-corrected chi connectivity index (χ2v) is 4.53. The molecule has 5 nitrogen and oxygen atoms in total. The number of rotatable bonds is 7. The summed E-state index contributed by atoms with van der Waals surface area (Å²) in [4.78, 5) is 11.2. The van der Waals surface area contributed by atoms with Gasteiger partial charge in [-0.1, -0.05) is 12.1 Å². The average Bonchev–Trinajstić information content (AvgIpc) is 3.00. The number of esters is 1. The number of methoxy groups -OCH3 is 2. The van der Waals surface area contributed by atoms with Gasteiger partial charge < -0.3 is 19.2 Å². The van der Waals surface area contributed by atoms with E-state index >= 15 is 0 Å². The van der Waals surface area contributed by atoms with Crippen LogP contribution in [0.25, 0.3) is 0 Å². The molecule has 0 fully saturated rings. The largest absolute Gasteiger partial charge is 0.497 e. The smallest absolute Gasteiger partial charge is 0.373 e. The molecule has 0 unspecified atom stereocenters. The van der Waals surface area contributed by atoms with Gasteiger partial charge in [-0.15, -0.1) is 0 Å². The topological polar surface area (TPSA) is 60.7 Å². The first-order valence-corrected chi connectivity index (χ1v) is 6.73. The molecular weight excluding hydrogens is 270 g/mol. The zero-order chi connectivity index (χ0) is 15.1. The molecule has 1 aromatic heterocycles. The molecule has 1 aromatic carbocycles. The van der Waals surface area contributed by atoms with Crippen LogP contribution in [0.4, 0.5) is 0 Å². The first kappa shape index (κ1) is 15.1. The highest BCUT2D eigenvalue weighted by Crippen LogP contribution is 2.12. The van der Waals surface area contributed by atoms with Crippen LogP contribution in [-0.4, -0.2) is 26.7 Å². The Labute approximate surface area is 123 Å². The van der Waals surface area contributed by atoms with E-state index in [1.54, 1.807) is 19.2 Å². The molecule has 0 saturated heterocycles. The van der Waals surface area contributed by atoms with Crippen molar-refractivity contribution in [2.24, 2.45) is 0 Å². The van der Waals surface area contributed by atoms with Crippen molar-refractivity contribution in [1.29, 1.82) is 0 Å². The summed E-state index contributed by atoms with van der Waals surface area (Å²) in [6.07, 6.45) is 0.911. The zero-order valence-corrected chi connectivity index (χ0v) is 12.2. The summed E-state index contributed by atoms with van der Waals surface area (Å²) in [7, 11) is 2.99. The Kier molecular flexibility index (Phi) is 5.40. The molecule has 112 valence electrons. The molecule has 0 radical (unpaired) electrons. The Balaban J connectivity index is 1.74. The maximum Gasteiger partial charge on any atom is 0.373 e. The molecule has 0 amide bonds. The molecule has 5 heteroatoms. The number of carbonyl (C=O) groups excluding carboxylic acids is 1. The van der Waals surface area contributed by atoms with Gasteiger partial charge in [0.05, 0.1) is 20.8 Å². The van der Waals surface area contributed by atoms with Gasteiger partial charge in [-0.25, -0.2) is 4.79 Å². The summed E-state index contributed by atoms with van der Waals surface area (Å²) >= 11 is 0. The predicted octanol–water partition coefficient (Wildman–Crippen LogP) is 2.41. The van der Waals surface area contributed by atoms with Crippen LogP contribution in [-0.2, 0) is 17.7 Å². The Hall–Kier alpha value is -2.27. The van der Waals surface area contributed by atoms with Crippen LogP contribution in [0.5, 0.6) is 5.75 Å². The summed E-state index contributed by atoms with van der Waals surface area (Å²) in [5.74, 6) is 1.34. The van der Waals surface area contributed by atoms with E-state index in [2.05, 4.69) is 10.1 Å². The number of ether oxygens (including phenoxy) is 2. The molecule has 1 heterocycles. The number of furan rings is 1. The normalized spacial score (nSPS) is 10.4. The lowest BCUT2D eigenvalue weighted by molar-refractivity contribution is 0.0563. The molecule has 21 heavy (non-hydrogen) atoms. The molecule has 1 N–H and O–H groups in total. The fourth-order valence-electron chi connectivity index (χ4n) is 1.92. The van der Waals surface area contributed by atoms with Gasteiger partial charge in [-0.05, 0) is 42.8 Å². The number of hydrogen-bond acceptors (Lipinski definition) is 5. The standard InChI is InChI=1S/C16H19NO4/c1-19-13-5-3-12(4-6-13)9-10-17-11-14-7-8-15(21-14)16(18)20-2/h3-8,17H,9-11H2,1-2H3. The van der Waals surface area contributed by atoms with Gasteiger partial charge >= 0.3 is 5.97 Å². The predicted molar refractivity (Wildman–Crippen MR) is 78.5 cm³/mol. The Morgan fingerprint density at radius 2 is 1.90 bits per heavy atom. The van der Waals surface area contributed by atoms with Crippen molar-refractivity contribution in [3.8, 4) is 5.75 Å². The van der Waals surface area contributed by atoms with Crippen LogP contribution in [0.3, 0.4) is 0 Å². The number of benzene rings is 1. The third kappa shape index (κ3) is 4.36. The minimum atomic E-state index is -0.459. The molecule has 0 bridgehead atoms. The fraction of sp³-hybridized carbons (Fsp3) is 0.312. The van der Waals surface area contributed by atoms with E-state index in [1.165, 1.54) is 12.7 Å². The highest BCUT2D eigenvalue weighted by Gasteiger charge is 2.10. The fourth-order valence-corrected chi connectivity index (χ4v) is 1.92. The van der Waals surface area contributed by atoms with Crippen LogP contribution in [0.2, 0.25) is 0 Å². The minimum absolute atomic E-state index is 0.226. The number of nitrogens with one attached hydrogen (secondary N) is 1. The lowest BCUT2D eigenvalue weighted by atomic mass is 10.1. The first-order chi connectivity index (χ1) is 10.2. The Morgan fingerprint density at radius 1 is 1.14 bits per heavy atom. The third-order valence-electron chi connectivity index (χ3n) is 3.10. The van der Waals surface area contributed by atoms with Gasteiger partial charge in [0.15, 0.2) is 0 Å². The van der Waals surface area contributed by atoms with E-state index in [1.807, 2.05) is 24.3 Å². The maximum atomic E-state index is 11.2. The number of hydrogen-bond donors (Lipinski definition) is 1. The van der Waals surface area contributed by atoms with Crippen molar-refractivity contribution >= 4 is 5.97 Å². The molecule has 0 saturated carbocycles. The van der Waals surface area contributed by atoms with Crippen molar-refractivity contribution in [2.45, 2.75) is 13.0 Å². The molecule has 2 aromatic rings. The molecule has 2 rings (SSSR count). The van der Waals surface area contributed by atoms with E-state index in [-0.39, 0.29) is 5.76 Å².